The molecular weight excluding hydrogens is 300 g/mol. The van der Waals surface area contributed by atoms with E-state index in [-0.39, 0.29) is 29.7 Å². The van der Waals surface area contributed by atoms with Gasteiger partial charge in [-0.15, -0.1) is 0 Å². The summed E-state index contributed by atoms with van der Waals surface area (Å²) in [6.45, 7) is 2.35. The Labute approximate surface area is 133 Å². The third-order valence-corrected chi connectivity index (χ3v) is 4.13. The summed E-state index contributed by atoms with van der Waals surface area (Å²) in [5, 5.41) is 19.8. The first-order valence-electron chi connectivity index (χ1n) is 7.56. The van der Waals surface area contributed by atoms with Crippen molar-refractivity contribution in [1.29, 1.82) is 5.26 Å². The van der Waals surface area contributed by atoms with Gasteiger partial charge in [-0.25, -0.2) is 0 Å². The molecule has 1 aromatic heterocycles. The molecule has 2 heterocycles. The third kappa shape index (κ3) is 3.56. The Bertz CT molecular complexity index is 719. The van der Waals surface area contributed by atoms with Gasteiger partial charge in [-0.3, -0.25) is 24.3 Å². The van der Waals surface area contributed by atoms with Crippen molar-refractivity contribution in [2.75, 3.05) is 6.54 Å². The van der Waals surface area contributed by atoms with Crippen LogP contribution in [0, 0.1) is 21.4 Å². The van der Waals surface area contributed by atoms with E-state index in [0.29, 0.717) is 6.54 Å². The van der Waals surface area contributed by atoms with E-state index in [2.05, 4.69) is 0 Å². The molecule has 1 aliphatic rings. The fraction of sp³-hybridized carbons (Fsp3) is 0.533. The van der Waals surface area contributed by atoms with Gasteiger partial charge >= 0.3 is 0 Å². The lowest BCUT2D eigenvalue weighted by molar-refractivity contribution is -0.385. The van der Waals surface area contributed by atoms with Crippen molar-refractivity contribution in [3.63, 3.8) is 0 Å². The lowest BCUT2D eigenvalue weighted by Gasteiger charge is -2.35. The van der Waals surface area contributed by atoms with Crippen LogP contribution in [-0.4, -0.2) is 32.9 Å². The molecule has 2 rings (SSSR count). The van der Waals surface area contributed by atoms with Crippen LogP contribution in [0.3, 0.4) is 0 Å². The molecule has 0 aliphatic carbocycles. The van der Waals surface area contributed by atoms with Gasteiger partial charge in [0.15, 0.2) is 0 Å². The molecule has 1 fully saturated rings. The van der Waals surface area contributed by atoms with Crippen LogP contribution >= 0.6 is 0 Å². The third-order valence-electron chi connectivity index (χ3n) is 4.13. The molecule has 8 heteroatoms. The predicted octanol–water partition coefficient (Wildman–Crippen LogP) is 1.42. The number of amides is 1. The maximum Gasteiger partial charge on any atom is 0.287 e. The molecule has 122 valence electrons. The van der Waals surface area contributed by atoms with Gasteiger partial charge in [0.1, 0.15) is 18.2 Å². The molecule has 0 N–H and O–H groups in total. The lowest BCUT2D eigenvalue weighted by Crippen LogP contribution is -2.45. The van der Waals surface area contributed by atoms with Gasteiger partial charge in [-0.2, -0.15) is 5.26 Å². The van der Waals surface area contributed by atoms with Crippen LogP contribution in [0.1, 0.15) is 38.2 Å². The molecule has 0 spiro atoms. The van der Waals surface area contributed by atoms with E-state index in [0.717, 1.165) is 42.5 Å². The normalized spacial score (nSPS) is 17.6. The quantitative estimate of drug-likeness (QED) is 0.616. The monoisotopic (exact) mass is 318 g/mol. The van der Waals surface area contributed by atoms with Crippen molar-refractivity contribution in [2.24, 2.45) is 0 Å². The van der Waals surface area contributed by atoms with E-state index in [1.807, 2.05) is 6.92 Å². The van der Waals surface area contributed by atoms with E-state index in [1.165, 1.54) is 0 Å². The number of likely N-dealkylation sites (tertiary alicyclic amines) is 1. The highest BCUT2D eigenvalue weighted by Gasteiger charge is 2.26. The van der Waals surface area contributed by atoms with Crippen molar-refractivity contribution < 1.29 is 9.72 Å². The molecule has 1 aliphatic heterocycles. The molecule has 1 atom stereocenters. The van der Waals surface area contributed by atoms with Crippen LogP contribution in [0.2, 0.25) is 0 Å². The first-order valence-corrected chi connectivity index (χ1v) is 7.56. The highest BCUT2D eigenvalue weighted by Crippen LogP contribution is 2.20. The zero-order chi connectivity index (χ0) is 17.0. The number of aromatic nitrogens is 1. The average molecular weight is 318 g/mol. The van der Waals surface area contributed by atoms with E-state index >= 15 is 0 Å². The summed E-state index contributed by atoms with van der Waals surface area (Å²) in [5.41, 5.74) is -1.39. The fourth-order valence-electron chi connectivity index (χ4n) is 2.91. The summed E-state index contributed by atoms with van der Waals surface area (Å²) in [6.07, 6.45) is 4.76. The van der Waals surface area contributed by atoms with Crippen molar-refractivity contribution in [2.45, 2.75) is 45.2 Å². The largest absolute Gasteiger partial charge is 0.338 e. The van der Waals surface area contributed by atoms with Crippen molar-refractivity contribution in [1.82, 2.24) is 9.47 Å². The highest BCUT2D eigenvalue weighted by molar-refractivity contribution is 5.76. The number of rotatable bonds is 4. The Morgan fingerprint density at radius 3 is 2.87 bits per heavy atom. The lowest BCUT2D eigenvalue weighted by atomic mass is 10.00. The van der Waals surface area contributed by atoms with E-state index in [9.17, 15) is 19.7 Å². The molecule has 0 bridgehead atoms. The van der Waals surface area contributed by atoms with Gasteiger partial charge in [0, 0.05) is 18.7 Å². The maximum atomic E-state index is 12.5. The molecule has 0 saturated carbocycles. The number of carbonyl (C=O) groups is 1. The van der Waals surface area contributed by atoms with Gasteiger partial charge in [-0.1, -0.05) is 6.92 Å². The van der Waals surface area contributed by atoms with Crippen LogP contribution in [0.4, 0.5) is 5.69 Å². The van der Waals surface area contributed by atoms with Gasteiger partial charge in [0.2, 0.25) is 5.91 Å². The van der Waals surface area contributed by atoms with E-state index in [1.54, 1.807) is 11.0 Å². The molecule has 0 aromatic carbocycles. The topological polar surface area (TPSA) is 109 Å². The van der Waals surface area contributed by atoms with Gasteiger partial charge < -0.3 is 4.90 Å². The Balaban J connectivity index is 2.30. The number of pyridine rings is 1. The van der Waals surface area contributed by atoms with Gasteiger partial charge in [-0.05, 0) is 25.7 Å². The molecule has 1 aromatic rings. The second-order valence-corrected chi connectivity index (χ2v) is 5.56. The number of hydrogen-bond donors (Lipinski definition) is 0. The smallest absolute Gasteiger partial charge is 0.287 e. The summed E-state index contributed by atoms with van der Waals surface area (Å²) in [7, 11) is 0. The standard InChI is InChI=1S/C15H18N4O4/c1-2-12-5-3-4-6-18(12)14(20)10-17-9-13(19(22)23)7-11(8-16)15(17)21/h7,9,12H,2-6,10H2,1H3/t12-/m1/s1. The van der Waals surface area contributed by atoms with Gasteiger partial charge in [0.25, 0.3) is 11.2 Å². The van der Waals surface area contributed by atoms with Crippen LogP contribution in [0.5, 0.6) is 0 Å². The van der Waals surface area contributed by atoms with Crippen LogP contribution in [0.25, 0.3) is 0 Å². The van der Waals surface area contributed by atoms with Crippen molar-refractivity contribution in [3.05, 3.63) is 38.3 Å². The highest BCUT2D eigenvalue weighted by atomic mass is 16.6. The summed E-state index contributed by atoms with van der Waals surface area (Å²) < 4.78 is 0.959. The van der Waals surface area contributed by atoms with Crippen LogP contribution in [0.15, 0.2) is 17.1 Å². The molecule has 23 heavy (non-hydrogen) atoms. The number of hydrogen-bond acceptors (Lipinski definition) is 5. The summed E-state index contributed by atoms with van der Waals surface area (Å²) in [4.78, 5) is 36.5. The second kappa shape index (κ2) is 7.05. The van der Waals surface area contributed by atoms with Crippen LogP contribution in [-0.2, 0) is 11.3 Å². The summed E-state index contributed by atoms with van der Waals surface area (Å²) in [6, 6.07) is 2.71. The average Bonchev–Trinajstić information content (AvgIpc) is 2.56. The Morgan fingerprint density at radius 2 is 2.26 bits per heavy atom. The number of nitro groups is 1. The zero-order valence-electron chi connectivity index (χ0n) is 12.9. The summed E-state index contributed by atoms with van der Waals surface area (Å²) >= 11 is 0. The second-order valence-electron chi connectivity index (χ2n) is 5.56. The first-order chi connectivity index (χ1) is 11.0. The molecule has 1 amide bonds. The SMILES string of the molecule is CC[C@@H]1CCCCN1C(=O)Cn1cc([N+](=O)[O-])cc(C#N)c1=O. The van der Waals surface area contributed by atoms with Gasteiger partial charge in [0.05, 0.1) is 11.1 Å². The number of carbonyl (C=O) groups excluding carboxylic acids is 1. The Kier molecular flexibility index (Phi) is 5.11. The zero-order valence-corrected chi connectivity index (χ0v) is 12.9. The molecular formula is C15H18N4O4. The number of nitrogens with zero attached hydrogens (tertiary/aromatic N) is 4. The van der Waals surface area contributed by atoms with Crippen molar-refractivity contribution >= 4 is 11.6 Å². The van der Waals surface area contributed by atoms with E-state index < -0.39 is 10.5 Å². The number of nitriles is 1. The molecule has 8 nitrogen and oxygen atoms in total. The van der Waals surface area contributed by atoms with E-state index in [4.69, 9.17) is 5.26 Å². The summed E-state index contributed by atoms with van der Waals surface area (Å²) in [5.74, 6) is -0.247. The minimum absolute atomic E-state index is 0.140. The number of piperidine rings is 1. The molecule has 1 saturated heterocycles. The fourth-order valence-corrected chi connectivity index (χ4v) is 2.91. The Hall–Kier alpha value is -2.69. The minimum Gasteiger partial charge on any atom is -0.338 e. The maximum absolute atomic E-state index is 12.5. The Morgan fingerprint density at radius 1 is 1.52 bits per heavy atom. The minimum atomic E-state index is -0.684. The van der Waals surface area contributed by atoms with Crippen LogP contribution < -0.4 is 5.56 Å². The first kappa shape index (κ1) is 16.7. The molecule has 0 unspecified atom stereocenters. The molecule has 0 radical (unpaired) electrons. The van der Waals surface area contributed by atoms with Crippen molar-refractivity contribution in [3.8, 4) is 6.07 Å². The predicted molar refractivity (Wildman–Crippen MR) is 81.7 cm³/mol.